The molecule has 2 saturated heterocycles. The molecule has 0 unspecified atom stereocenters. The summed E-state index contributed by atoms with van der Waals surface area (Å²) in [5.74, 6) is -2.67. The highest BCUT2D eigenvalue weighted by Gasteiger charge is 2.73. The minimum absolute atomic E-state index is 0.0312. The Bertz CT molecular complexity index is 702. The molecule has 0 bridgehead atoms. The summed E-state index contributed by atoms with van der Waals surface area (Å²) in [5.41, 5.74) is -1.30. The Balaban J connectivity index is 1.85. The first-order valence-electron chi connectivity index (χ1n) is 8.61. The molecule has 9 nitrogen and oxygen atoms in total. The van der Waals surface area contributed by atoms with E-state index in [1.165, 1.54) is 6.26 Å². The molecule has 1 spiro atoms. The van der Waals surface area contributed by atoms with Crippen molar-refractivity contribution in [2.75, 3.05) is 6.61 Å². The largest absolute Gasteiger partial charge is 0.469 e. The summed E-state index contributed by atoms with van der Waals surface area (Å²) >= 11 is 0. The molecule has 26 heavy (non-hydrogen) atoms. The van der Waals surface area contributed by atoms with E-state index in [2.05, 4.69) is 0 Å². The van der Waals surface area contributed by atoms with Crippen LogP contribution < -0.4 is 0 Å². The van der Waals surface area contributed by atoms with Gasteiger partial charge in [0.05, 0.1) is 12.9 Å². The fourth-order valence-electron chi connectivity index (χ4n) is 4.43. The van der Waals surface area contributed by atoms with Crippen LogP contribution in [0.2, 0.25) is 0 Å². The molecular weight excluding hydrogens is 346 g/mol. The van der Waals surface area contributed by atoms with Gasteiger partial charge >= 0.3 is 0 Å². The van der Waals surface area contributed by atoms with Gasteiger partial charge in [-0.05, 0) is 39.8 Å². The van der Waals surface area contributed by atoms with Crippen molar-refractivity contribution in [2.24, 2.45) is 0 Å². The zero-order chi connectivity index (χ0) is 18.9. The van der Waals surface area contributed by atoms with Gasteiger partial charge in [-0.3, -0.25) is 10.1 Å². The minimum atomic E-state index is -1.30. The zero-order valence-electron chi connectivity index (χ0n) is 15.1. The number of nitro groups is 1. The van der Waals surface area contributed by atoms with Crippen molar-refractivity contribution >= 4 is 0 Å². The van der Waals surface area contributed by atoms with Crippen LogP contribution in [-0.4, -0.2) is 58.2 Å². The van der Waals surface area contributed by atoms with Crippen molar-refractivity contribution in [3.05, 3.63) is 34.3 Å². The molecule has 1 aromatic heterocycles. The summed E-state index contributed by atoms with van der Waals surface area (Å²) < 4.78 is 29.1. The Hall–Kier alpha value is -1.52. The van der Waals surface area contributed by atoms with Crippen LogP contribution in [0.5, 0.6) is 0 Å². The van der Waals surface area contributed by atoms with E-state index in [-0.39, 0.29) is 6.61 Å². The van der Waals surface area contributed by atoms with Gasteiger partial charge in [-0.2, -0.15) is 0 Å². The van der Waals surface area contributed by atoms with E-state index >= 15 is 0 Å². The highest BCUT2D eigenvalue weighted by atomic mass is 16.8. The van der Waals surface area contributed by atoms with Crippen LogP contribution >= 0.6 is 0 Å². The quantitative estimate of drug-likeness (QED) is 0.615. The number of rotatable bonds is 2. The maximum absolute atomic E-state index is 11.9. The van der Waals surface area contributed by atoms with Crippen LogP contribution in [0.15, 0.2) is 22.8 Å². The van der Waals surface area contributed by atoms with Crippen molar-refractivity contribution in [3.8, 4) is 0 Å². The molecule has 1 aromatic rings. The molecule has 144 valence electrons. The van der Waals surface area contributed by atoms with E-state index in [0.29, 0.717) is 5.76 Å². The van der Waals surface area contributed by atoms with E-state index < -0.39 is 52.4 Å². The lowest BCUT2D eigenvalue weighted by Crippen LogP contribution is -2.69. The summed E-state index contributed by atoms with van der Waals surface area (Å²) in [6.45, 7) is 6.86. The third-order valence-corrected chi connectivity index (χ3v) is 5.35. The Morgan fingerprint density at radius 1 is 1.23 bits per heavy atom. The van der Waals surface area contributed by atoms with E-state index in [1.807, 2.05) is 0 Å². The predicted molar refractivity (Wildman–Crippen MR) is 85.9 cm³/mol. The maximum Gasteiger partial charge on any atom is 0.254 e. The Morgan fingerprint density at radius 2 is 1.96 bits per heavy atom. The highest BCUT2D eigenvalue weighted by Crippen LogP contribution is 2.53. The molecule has 0 amide bonds. The van der Waals surface area contributed by atoms with Crippen LogP contribution in [0.3, 0.4) is 0 Å². The molecule has 9 heteroatoms. The van der Waals surface area contributed by atoms with E-state index in [9.17, 15) is 15.2 Å². The van der Waals surface area contributed by atoms with Crippen molar-refractivity contribution in [2.45, 2.75) is 75.1 Å². The van der Waals surface area contributed by atoms with E-state index in [1.54, 1.807) is 39.8 Å². The first kappa shape index (κ1) is 17.9. The zero-order valence-corrected chi connectivity index (χ0v) is 15.1. The van der Waals surface area contributed by atoms with Gasteiger partial charge in [-0.1, -0.05) is 0 Å². The number of ether oxygens (including phenoxy) is 4. The Morgan fingerprint density at radius 3 is 2.50 bits per heavy atom. The molecular formula is C17H23NO8. The summed E-state index contributed by atoms with van der Waals surface area (Å²) in [7, 11) is 0. The molecule has 2 aliphatic heterocycles. The standard InChI is InChI=1S/C17H23NO8/c1-15(2)23-8-17(26-15)13(19)10(9-6-5-7-22-9)11(18(20)21)12-14(17)25-16(3,4)24-12/h5-7,10-14,19H,8H2,1-4H3/t10-,11-,12+,13-,14+,17+/m1/s1. The summed E-state index contributed by atoms with van der Waals surface area (Å²) in [4.78, 5) is 11.5. The third-order valence-electron chi connectivity index (χ3n) is 5.35. The summed E-state index contributed by atoms with van der Waals surface area (Å²) in [6, 6.07) is 1.99. The van der Waals surface area contributed by atoms with Crippen molar-refractivity contribution in [1.29, 1.82) is 0 Å². The van der Waals surface area contributed by atoms with Crippen LogP contribution in [0.25, 0.3) is 0 Å². The molecule has 0 aromatic carbocycles. The van der Waals surface area contributed by atoms with Gasteiger partial charge in [-0.15, -0.1) is 0 Å². The number of aliphatic hydroxyl groups excluding tert-OH is 1. The fourth-order valence-corrected chi connectivity index (χ4v) is 4.43. The SMILES string of the molecule is CC1(C)O[C@H]2[C@H]([N+](=O)[O-])[C@@H](c3ccco3)[C@@H](O)[C@@]3(COC(C)(C)O3)[C@H]2O1. The van der Waals surface area contributed by atoms with Crippen LogP contribution in [0.1, 0.15) is 39.4 Å². The number of furan rings is 1. The normalized spacial score (nSPS) is 43.5. The smallest absolute Gasteiger partial charge is 0.254 e. The third kappa shape index (κ3) is 2.49. The van der Waals surface area contributed by atoms with E-state index in [0.717, 1.165) is 0 Å². The second-order valence-electron chi connectivity index (χ2n) is 8.03. The van der Waals surface area contributed by atoms with E-state index in [4.69, 9.17) is 23.4 Å². The molecule has 6 atom stereocenters. The lowest BCUT2D eigenvalue weighted by molar-refractivity contribution is -0.549. The fraction of sp³-hybridized carbons (Fsp3) is 0.765. The highest BCUT2D eigenvalue weighted by molar-refractivity contribution is 5.23. The molecule has 4 rings (SSSR count). The number of aliphatic hydroxyl groups is 1. The molecule has 3 fully saturated rings. The van der Waals surface area contributed by atoms with Gasteiger partial charge in [0.15, 0.2) is 23.3 Å². The average molecular weight is 369 g/mol. The molecule has 1 aliphatic carbocycles. The van der Waals surface area contributed by atoms with Gasteiger partial charge in [0.25, 0.3) is 6.04 Å². The van der Waals surface area contributed by atoms with Crippen LogP contribution in [-0.2, 0) is 18.9 Å². The first-order valence-corrected chi connectivity index (χ1v) is 8.61. The van der Waals surface area contributed by atoms with Gasteiger partial charge in [0, 0.05) is 4.92 Å². The number of hydrogen-bond donors (Lipinski definition) is 1. The first-order chi connectivity index (χ1) is 12.1. The van der Waals surface area contributed by atoms with Crippen molar-refractivity contribution in [3.63, 3.8) is 0 Å². The minimum Gasteiger partial charge on any atom is -0.469 e. The molecule has 1 N–H and O–H groups in total. The topological polar surface area (TPSA) is 113 Å². The summed E-state index contributed by atoms with van der Waals surface area (Å²) in [6.07, 6.45) is -1.62. The van der Waals surface area contributed by atoms with Gasteiger partial charge < -0.3 is 28.5 Å². The summed E-state index contributed by atoms with van der Waals surface area (Å²) in [5, 5.41) is 23.2. The number of fused-ring (bicyclic) bond motifs is 2. The Labute approximate surface area is 150 Å². The van der Waals surface area contributed by atoms with Crippen molar-refractivity contribution < 1.29 is 33.4 Å². The second-order valence-corrected chi connectivity index (χ2v) is 8.03. The maximum atomic E-state index is 11.9. The number of hydrogen-bond acceptors (Lipinski definition) is 8. The molecule has 3 aliphatic rings. The average Bonchev–Trinajstić information content (AvgIpc) is 3.21. The lowest BCUT2D eigenvalue weighted by Gasteiger charge is -2.47. The van der Waals surface area contributed by atoms with Gasteiger partial charge in [0.2, 0.25) is 0 Å². The van der Waals surface area contributed by atoms with Gasteiger partial charge in [0.1, 0.15) is 23.9 Å². The molecule has 3 heterocycles. The lowest BCUT2D eigenvalue weighted by atomic mass is 9.68. The molecule has 1 saturated carbocycles. The predicted octanol–water partition coefficient (Wildman–Crippen LogP) is 1.42. The van der Waals surface area contributed by atoms with Crippen LogP contribution in [0, 0.1) is 10.1 Å². The monoisotopic (exact) mass is 369 g/mol. The van der Waals surface area contributed by atoms with Gasteiger partial charge in [-0.25, -0.2) is 0 Å². The second kappa shape index (κ2) is 5.49. The number of nitrogens with zero attached hydrogens (tertiary/aromatic N) is 1. The van der Waals surface area contributed by atoms with Crippen molar-refractivity contribution in [1.82, 2.24) is 0 Å². The molecule has 0 radical (unpaired) electrons. The Kier molecular flexibility index (Phi) is 3.78. The van der Waals surface area contributed by atoms with Crippen LogP contribution in [0.4, 0.5) is 0 Å².